The summed E-state index contributed by atoms with van der Waals surface area (Å²) in [4.78, 5) is 18.4. The summed E-state index contributed by atoms with van der Waals surface area (Å²) in [5, 5.41) is 6.83. The van der Waals surface area contributed by atoms with Crippen LogP contribution in [0.5, 0.6) is 0 Å². The molecular weight excluding hydrogens is 347 g/mol. The van der Waals surface area contributed by atoms with Crippen molar-refractivity contribution >= 4 is 11.6 Å². The smallest absolute Gasteiger partial charge is 0.241 e. The largest absolute Gasteiger partial charge is 0.338 e. The van der Waals surface area contributed by atoms with E-state index in [9.17, 15) is 9.18 Å². The SMILES string of the molecule is CCc1ccccc1NC(=O)CN(C)Cc1nc(-c2ccc(F)cc2)no1. The molecule has 0 radical (unpaired) electrons. The van der Waals surface area contributed by atoms with Crippen LogP contribution in [-0.2, 0) is 17.8 Å². The van der Waals surface area contributed by atoms with Crippen molar-refractivity contribution < 1.29 is 13.7 Å². The third kappa shape index (κ3) is 4.98. The summed E-state index contributed by atoms with van der Waals surface area (Å²) >= 11 is 0. The lowest BCUT2D eigenvalue weighted by atomic mass is 10.1. The van der Waals surface area contributed by atoms with E-state index in [0.29, 0.717) is 23.8 Å². The number of anilines is 1. The van der Waals surface area contributed by atoms with Gasteiger partial charge in [0.1, 0.15) is 5.82 Å². The van der Waals surface area contributed by atoms with E-state index in [2.05, 4.69) is 15.5 Å². The fraction of sp³-hybridized carbons (Fsp3) is 0.250. The van der Waals surface area contributed by atoms with Crippen LogP contribution >= 0.6 is 0 Å². The van der Waals surface area contributed by atoms with Crippen molar-refractivity contribution in [2.24, 2.45) is 0 Å². The number of halogens is 1. The maximum atomic E-state index is 13.0. The highest BCUT2D eigenvalue weighted by molar-refractivity contribution is 5.92. The second-order valence-electron chi connectivity index (χ2n) is 6.25. The summed E-state index contributed by atoms with van der Waals surface area (Å²) in [6, 6.07) is 13.6. The number of benzene rings is 2. The van der Waals surface area contributed by atoms with E-state index in [0.717, 1.165) is 17.7 Å². The lowest BCUT2D eigenvalue weighted by Crippen LogP contribution is -2.30. The van der Waals surface area contributed by atoms with Gasteiger partial charge in [0.2, 0.25) is 17.6 Å². The molecule has 7 heteroatoms. The predicted octanol–water partition coefficient (Wildman–Crippen LogP) is 3.51. The Kier molecular flexibility index (Phi) is 5.93. The molecule has 0 bridgehead atoms. The van der Waals surface area contributed by atoms with Crippen LogP contribution in [-0.4, -0.2) is 34.5 Å². The van der Waals surface area contributed by atoms with Gasteiger partial charge in [-0.15, -0.1) is 0 Å². The first-order chi connectivity index (χ1) is 13.0. The van der Waals surface area contributed by atoms with Gasteiger partial charge in [-0.1, -0.05) is 30.3 Å². The van der Waals surface area contributed by atoms with Gasteiger partial charge >= 0.3 is 0 Å². The molecule has 0 aliphatic rings. The highest BCUT2D eigenvalue weighted by Crippen LogP contribution is 2.17. The highest BCUT2D eigenvalue weighted by atomic mass is 19.1. The minimum absolute atomic E-state index is 0.114. The average molecular weight is 368 g/mol. The molecule has 0 unspecified atom stereocenters. The van der Waals surface area contributed by atoms with Gasteiger partial charge in [-0.05, 0) is 49.4 Å². The number of carbonyl (C=O) groups is 1. The predicted molar refractivity (Wildman–Crippen MR) is 100 cm³/mol. The quantitative estimate of drug-likeness (QED) is 0.691. The fourth-order valence-electron chi connectivity index (χ4n) is 2.71. The van der Waals surface area contributed by atoms with Gasteiger partial charge in [0.15, 0.2) is 0 Å². The third-order valence-electron chi connectivity index (χ3n) is 4.06. The molecule has 0 aliphatic carbocycles. The lowest BCUT2D eigenvalue weighted by molar-refractivity contribution is -0.117. The van der Waals surface area contributed by atoms with Crippen molar-refractivity contribution in [3.8, 4) is 11.4 Å². The van der Waals surface area contributed by atoms with Crippen molar-refractivity contribution in [2.45, 2.75) is 19.9 Å². The Hall–Kier alpha value is -3.06. The van der Waals surface area contributed by atoms with Gasteiger partial charge in [-0.25, -0.2) is 4.39 Å². The Labute approximate surface area is 157 Å². The van der Waals surface area contributed by atoms with E-state index in [1.165, 1.54) is 12.1 Å². The summed E-state index contributed by atoms with van der Waals surface area (Å²) in [5.41, 5.74) is 2.59. The number of likely N-dealkylation sites (N-methyl/N-ethyl adjacent to an activating group) is 1. The summed E-state index contributed by atoms with van der Waals surface area (Å²) < 4.78 is 18.2. The van der Waals surface area contributed by atoms with Crippen molar-refractivity contribution in [1.82, 2.24) is 15.0 Å². The number of rotatable bonds is 7. The topological polar surface area (TPSA) is 71.3 Å². The van der Waals surface area contributed by atoms with Crippen molar-refractivity contribution in [1.29, 1.82) is 0 Å². The first kappa shape index (κ1) is 18.7. The minimum atomic E-state index is -0.321. The van der Waals surface area contributed by atoms with Crippen LogP contribution in [0, 0.1) is 5.82 Å². The Bertz CT molecular complexity index is 908. The molecule has 0 fully saturated rings. The summed E-state index contributed by atoms with van der Waals surface area (Å²) in [6.45, 7) is 2.56. The zero-order valence-electron chi connectivity index (χ0n) is 15.3. The van der Waals surface area contributed by atoms with E-state index >= 15 is 0 Å². The number of amides is 1. The average Bonchev–Trinajstić information content (AvgIpc) is 3.10. The van der Waals surface area contributed by atoms with Gasteiger partial charge in [0, 0.05) is 11.3 Å². The highest BCUT2D eigenvalue weighted by Gasteiger charge is 2.14. The number of aromatic nitrogens is 2. The van der Waals surface area contributed by atoms with E-state index < -0.39 is 0 Å². The first-order valence-electron chi connectivity index (χ1n) is 8.70. The van der Waals surface area contributed by atoms with Crippen LogP contribution < -0.4 is 5.32 Å². The molecule has 2 aromatic carbocycles. The van der Waals surface area contributed by atoms with Crippen molar-refractivity contribution in [3.63, 3.8) is 0 Å². The van der Waals surface area contributed by atoms with Crippen molar-refractivity contribution in [3.05, 3.63) is 65.8 Å². The maximum absolute atomic E-state index is 13.0. The fourth-order valence-corrected chi connectivity index (χ4v) is 2.71. The Morgan fingerprint density at radius 3 is 2.67 bits per heavy atom. The van der Waals surface area contributed by atoms with Gasteiger partial charge in [-0.2, -0.15) is 4.98 Å². The van der Waals surface area contributed by atoms with Crippen LogP contribution in [0.15, 0.2) is 53.1 Å². The standard InChI is InChI=1S/C20H21FN4O2/c1-3-14-6-4-5-7-17(14)22-18(26)12-25(2)13-19-23-20(24-27-19)15-8-10-16(21)11-9-15/h4-11H,3,12-13H2,1-2H3,(H,22,26). The molecule has 3 rings (SSSR count). The van der Waals surface area contributed by atoms with Gasteiger partial charge in [0.25, 0.3) is 0 Å². The van der Waals surface area contributed by atoms with Crippen molar-refractivity contribution in [2.75, 3.05) is 18.9 Å². The normalized spacial score (nSPS) is 11.0. The van der Waals surface area contributed by atoms with E-state index in [4.69, 9.17) is 4.52 Å². The molecule has 0 spiro atoms. The van der Waals surface area contributed by atoms with E-state index in [-0.39, 0.29) is 18.3 Å². The molecule has 1 amide bonds. The van der Waals surface area contributed by atoms with Crippen LogP contribution in [0.25, 0.3) is 11.4 Å². The number of nitrogens with one attached hydrogen (secondary N) is 1. The summed E-state index contributed by atoms with van der Waals surface area (Å²) in [5.74, 6) is 0.341. The number of hydrogen-bond donors (Lipinski definition) is 1. The second kappa shape index (κ2) is 8.55. The second-order valence-corrected chi connectivity index (χ2v) is 6.25. The molecular formula is C20H21FN4O2. The van der Waals surface area contributed by atoms with Gasteiger partial charge in [0.05, 0.1) is 13.1 Å². The maximum Gasteiger partial charge on any atom is 0.241 e. The third-order valence-corrected chi connectivity index (χ3v) is 4.06. The summed E-state index contributed by atoms with van der Waals surface area (Å²) in [7, 11) is 1.80. The van der Waals surface area contributed by atoms with E-state index in [1.54, 1.807) is 24.1 Å². The zero-order valence-corrected chi connectivity index (χ0v) is 15.3. The summed E-state index contributed by atoms with van der Waals surface area (Å²) in [6.07, 6.45) is 0.848. The number of hydrogen-bond acceptors (Lipinski definition) is 5. The van der Waals surface area contributed by atoms with Gasteiger partial charge in [-0.3, -0.25) is 9.69 Å². The Morgan fingerprint density at radius 1 is 1.19 bits per heavy atom. The number of para-hydroxylation sites is 1. The molecule has 140 valence electrons. The zero-order chi connectivity index (χ0) is 19.2. The molecule has 1 N–H and O–H groups in total. The molecule has 3 aromatic rings. The Morgan fingerprint density at radius 2 is 1.93 bits per heavy atom. The number of nitrogens with zero attached hydrogens (tertiary/aromatic N) is 3. The first-order valence-corrected chi connectivity index (χ1v) is 8.70. The Balaban J connectivity index is 1.57. The van der Waals surface area contributed by atoms with Crippen LogP contribution in [0.4, 0.5) is 10.1 Å². The molecule has 0 saturated heterocycles. The monoisotopic (exact) mass is 368 g/mol. The molecule has 27 heavy (non-hydrogen) atoms. The molecule has 0 aliphatic heterocycles. The van der Waals surface area contributed by atoms with Gasteiger partial charge < -0.3 is 9.84 Å². The van der Waals surface area contributed by atoms with Crippen LogP contribution in [0.1, 0.15) is 18.4 Å². The molecule has 1 aromatic heterocycles. The molecule has 0 atom stereocenters. The van der Waals surface area contributed by atoms with E-state index in [1.807, 2.05) is 31.2 Å². The van der Waals surface area contributed by atoms with Crippen LogP contribution in [0.3, 0.4) is 0 Å². The number of aryl methyl sites for hydroxylation is 1. The molecule has 6 nitrogen and oxygen atoms in total. The minimum Gasteiger partial charge on any atom is -0.338 e. The number of carbonyl (C=O) groups excluding carboxylic acids is 1. The molecule has 0 saturated carbocycles. The lowest BCUT2D eigenvalue weighted by Gasteiger charge is -2.15. The van der Waals surface area contributed by atoms with Crippen LogP contribution in [0.2, 0.25) is 0 Å². The molecule has 1 heterocycles.